The van der Waals surface area contributed by atoms with Crippen molar-refractivity contribution in [2.75, 3.05) is 13.7 Å². The molecule has 7 heteroatoms. The Labute approximate surface area is 202 Å². The number of carbonyl (C=O) groups excluding carboxylic acids is 1. The molecule has 1 amide bonds. The van der Waals surface area contributed by atoms with Gasteiger partial charge in [-0.25, -0.2) is 9.97 Å². The van der Waals surface area contributed by atoms with E-state index in [1.165, 1.54) is 0 Å². The summed E-state index contributed by atoms with van der Waals surface area (Å²) in [6.45, 7) is 2.54. The van der Waals surface area contributed by atoms with Crippen molar-refractivity contribution in [3.05, 3.63) is 101 Å². The predicted molar refractivity (Wildman–Crippen MR) is 137 cm³/mol. The van der Waals surface area contributed by atoms with Crippen LogP contribution in [-0.2, 0) is 6.54 Å². The van der Waals surface area contributed by atoms with Crippen molar-refractivity contribution in [1.29, 1.82) is 0 Å². The average Bonchev–Trinajstić information content (AvgIpc) is 2.91. The van der Waals surface area contributed by atoms with Gasteiger partial charge in [0.1, 0.15) is 11.6 Å². The maximum atomic E-state index is 13.8. The number of hydrogen-bond acceptors (Lipinski definition) is 5. The average molecular weight is 465 g/mol. The van der Waals surface area contributed by atoms with Crippen LogP contribution in [0.3, 0.4) is 0 Å². The van der Waals surface area contributed by atoms with Crippen LogP contribution in [0.4, 0.5) is 0 Å². The molecule has 1 N–H and O–H groups in total. The molecule has 5 aromatic rings. The number of nitrogens with one attached hydrogen (secondary N) is 1. The lowest BCUT2D eigenvalue weighted by Gasteiger charge is -2.22. The fourth-order valence-corrected chi connectivity index (χ4v) is 4.15. The minimum Gasteiger partial charge on any atom is -0.497 e. The van der Waals surface area contributed by atoms with Crippen LogP contribution in [0.5, 0.6) is 5.75 Å². The summed E-state index contributed by atoms with van der Waals surface area (Å²) in [4.78, 5) is 40.2. The Bertz CT molecular complexity index is 1590. The number of nitrogens with zero attached hydrogens (tertiary/aromatic N) is 3. The van der Waals surface area contributed by atoms with Gasteiger partial charge in [0, 0.05) is 17.5 Å². The lowest BCUT2D eigenvalue weighted by atomic mass is 10.0. The van der Waals surface area contributed by atoms with Gasteiger partial charge in [0.15, 0.2) is 0 Å². The number of aromatic nitrogens is 3. The van der Waals surface area contributed by atoms with Gasteiger partial charge in [-0.15, -0.1) is 0 Å². The van der Waals surface area contributed by atoms with Crippen LogP contribution in [0.1, 0.15) is 23.1 Å². The predicted octanol–water partition coefficient (Wildman–Crippen LogP) is 4.81. The Kier molecular flexibility index (Phi) is 5.97. The molecule has 7 nitrogen and oxygen atoms in total. The first kappa shape index (κ1) is 22.3. The molecule has 0 aliphatic heterocycles. The Morgan fingerprint density at radius 2 is 1.57 bits per heavy atom. The maximum Gasteiger partial charge on any atom is 0.258 e. The Hall–Kier alpha value is -4.52. The molecule has 0 saturated heterocycles. The van der Waals surface area contributed by atoms with Crippen LogP contribution in [0.15, 0.2) is 83.7 Å². The summed E-state index contributed by atoms with van der Waals surface area (Å²) >= 11 is 0. The second kappa shape index (κ2) is 9.38. The smallest absolute Gasteiger partial charge is 0.258 e. The number of fused-ring (bicyclic) bond motifs is 2. The summed E-state index contributed by atoms with van der Waals surface area (Å²) in [6, 6.07) is 24.2. The van der Waals surface area contributed by atoms with E-state index in [0.717, 1.165) is 22.2 Å². The van der Waals surface area contributed by atoms with Gasteiger partial charge < -0.3 is 14.6 Å². The third kappa shape index (κ3) is 4.36. The quantitative estimate of drug-likeness (QED) is 0.390. The Morgan fingerprint density at radius 1 is 0.914 bits per heavy atom. The number of methoxy groups -OCH3 is 1. The van der Waals surface area contributed by atoms with E-state index < -0.39 is 0 Å². The van der Waals surface area contributed by atoms with Gasteiger partial charge in [-0.05, 0) is 55.5 Å². The second-order valence-electron chi connectivity index (χ2n) is 8.15. The zero-order valence-electron chi connectivity index (χ0n) is 19.5. The number of carbonyl (C=O) groups is 1. The molecule has 0 radical (unpaired) electrons. The zero-order valence-corrected chi connectivity index (χ0v) is 19.5. The summed E-state index contributed by atoms with van der Waals surface area (Å²) in [5, 5.41) is 1.29. The summed E-state index contributed by atoms with van der Waals surface area (Å²) in [5.41, 5.74) is 3.25. The molecule has 35 heavy (non-hydrogen) atoms. The minimum absolute atomic E-state index is 0.156. The normalized spacial score (nSPS) is 11.0. The van der Waals surface area contributed by atoms with Crippen LogP contribution < -0.4 is 10.3 Å². The number of hydrogen-bond donors (Lipinski definition) is 1. The van der Waals surface area contributed by atoms with E-state index in [9.17, 15) is 9.59 Å². The number of ether oxygens (including phenoxy) is 1. The molecule has 0 fully saturated rings. The first-order chi connectivity index (χ1) is 17.1. The van der Waals surface area contributed by atoms with E-state index in [0.29, 0.717) is 34.5 Å². The fourth-order valence-electron chi connectivity index (χ4n) is 4.15. The van der Waals surface area contributed by atoms with Gasteiger partial charge in [0.2, 0.25) is 0 Å². The molecule has 174 valence electrons. The van der Waals surface area contributed by atoms with Crippen molar-refractivity contribution in [3.63, 3.8) is 0 Å². The number of para-hydroxylation sites is 2. The highest BCUT2D eigenvalue weighted by molar-refractivity contribution is 6.07. The molecular weight excluding hydrogens is 440 g/mol. The molecule has 0 aliphatic rings. The van der Waals surface area contributed by atoms with Crippen molar-refractivity contribution >= 4 is 27.7 Å². The highest BCUT2D eigenvalue weighted by atomic mass is 16.5. The number of pyridine rings is 1. The highest BCUT2D eigenvalue weighted by Gasteiger charge is 2.20. The topological polar surface area (TPSA) is 88.2 Å². The molecule has 0 saturated carbocycles. The number of benzene rings is 3. The Morgan fingerprint density at radius 3 is 2.26 bits per heavy atom. The van der Waals surface area contributed by atoms with E-state index in [-0.39, 0.29) is 18.0 Å². The molecule has 2 aromatic heterocycles. The molecule has 0 aliphatic carbocycles. The van der Waals surface area contributed by atoms with E-state index >= 15 is 0 Å². The minimum atomic E-state index is -0.217. The second-order valence-corrected chi connectivity index (χ2v) is 8.15. The molecule has 0 atom stereocenters. The van der Waals surface area contributed by atoms with Crippen LogP contribution in [0.2, 0.25) is 0 Å². The van der Waals surface area contributed by atoms with Crippen molar-refractivity contribution in [3.8, 4) is 17.0 Å². The van der Waals surface area contributed by atoms with E-state index in [1.54, 1.807) is 30.2 Å². The van der Waals surface area contributed by atoms with E-state index in [2.05, 4.69) is 9.97 Å². The standard InChI is InChI=1S/C28H24N4O3/c1-3-32(17-26-30-24-11-7-5-9-21(24)27(33)31-26)28(34)22-16-25(18-12-14-19(35-2)15-13-18)29-23-10-6-4-8-20(22)23/h4-16H,3,17H2,1-2H3,(H,30,31,33). The third-order valence-corrected chi connectivity index (χ3v) is 6.00. The molecule has 0 unspecified atom stereocenters. The van der Waals surface area contributed by atoms with Crippen molar-refractivity contribution < 1.29 is 9.53 Å². The van der Waals surface area contributed by atoms with Gasteiger partial charge >= 0.3 is 0 Å². The van der Waals surface area contributed by atoms with Crippen molar-refractivity contribution in [2.24, 2.45) is 0 Å². The maximum absolute atomic E-state index is 13.8. The number of amides is 1. The van der Waals surface area contributed by atoms with Crippen LogP contribution >= 0.6 is 0 Å². The summed E-state index contributed by atoms with van der Waals surface area (Å²) in [7, 11) is 1.62. The van der Waals surface area contributed by atoms with Crippen LogP contribution in [0, 0.1) is 0 Å². The lowest BCUT2D eigenvalue weighted by Crippen LogP contribution is -2.32. The van der Waals surface area contributed by atoms with E-state index in [4.69, 9.17) is 9.72 Å². The largest absolute Gasteiger partial charge is 0.497 e. The Balaban J connectivity index is 1.55. The van der Waals surface area contributed by atoms with Gasteiger partial charge in [-0.1, -0.05) is 30.3 Å². The zero-order chi connectivity index (χ0) is 24.4. The number of H-pyrrole nitrogens is 1. The number of rotatable bonds is 6. The lowest BCUT2D eigenvalue weighted by molar-refractivity contribution is 0.0750. The van der Waals surface area contributed by atoms with Gasteiger partial charge in [0.25, 0.3) is 11.5 Å². The first-order valence-electron chi connectivity index (χ1n) is 11.4. The summed E-state index contributed by atoms with van der Waals surface area (Å²) < 4.78 is 5.26. The van der Waals surface area contributed by atoms with Crippen molar-refractivity contribution in [1.82, 2.24) is 19.9 Å². The SMILES string of the molecule is CCN(Cc1nc2ccccc2c(=O)[nH]1)C(=O)c1cc(-c2ccc(OC)cc2)nc2ccccc12. The van der Waals surface area contributed by atoms with Gasteiger partial charge in [-0.3, -0.25) is 9.59 Å². The summed E-state index contributed by atoms with van der Waals surface area (Å²) in [5.74, 6) is 1.04. The third-order valence-electron chi connectivity index (χ3n) is 6.00. The molecule has 0 spiro atoms. The molecule has 3 aromatic carbocycles. The van der Waals surface area contributed by atoms with Gasteiger partial charge in [-0.2, -0.15) is 0 Å². The highest BCUT2D eigenvalue weighted by Crippen LogP contribution is 2.27. The van der Waals surface area contributed by atoms with E-state index in [1.807, 2.05) is 67.6 Å². The fraction of sp³-hybridized carbons (Fsp3) is 0.143. The van der Waals surface area contributed by atoms with Gasteiger partial charge in [0.05, 0.1) is 41.3 Å². The molecule has 2 heterocycles. The van der Waals surface area contributed by atoms with Crippen LogP contribution in [-0.4, -0.2) is 39.4 Å². The van der Waals surface area contributed by atoms with Crippen LogP contribution in [0.25, 0.3) is 33.1 Å². The molecule has 5 rings (SSSR count). The molecular formula is C28H24N4O3. The number of aromatic amines is 1. The van der Waals surface area contributed by atoms with Crippen molar-refractivity contribution in [2.45, 2.75) is 13.5 Å². The first-order valence-corrected chi connectivity index (χ1v) is 11.4. The summed E-state index contributed by atoms with van der Waals surface area (Å²) in [6.07, 6.45) is 0. The monoisotopic (exact) mass is 464 g/mol. The molecule has 0 bridgehead atoms.